The molecule has 0 bridgehead atoms. The first-order valence-electron chi connectivity index (χ1n) is 8.18. The van der Waals surface area contributed by atoms with Gasteiger partial charge in [0, 0.05) is 34.4 Å². The van der Waals surface area contributed by atoms with E-state index in [1.54, 1.807) is 29.2 Å². The Hall–Kier alpha value is -2.34. The van der Waals surface area contributed by atoms with Gasteiger partial charge in [-0.05, 0) is 49.2 Å². The Morgan fingerprint density at radius 1 is 1.24 bits per heavy atom. The van der Waals surface area contributed by atoms with Gasteiger partial charge in [0.15, 0.2) is 0 Å². The SMILES string of the molecule is CCN1C(=O)CCc2cc(NC(=O)Cc3ccc(Br)cc3O)ccc21. The summed E-state index contributed by atoms with van der Waals surface area (Å²) in [5.74, 6) is 0.0290. The maximum atomic E-state index is 12.3. The van der Waals surface area contributed by atoms with Crippen LogP contribution in [-0.2, 0) is 22.4 Å². The number of phenols is 1. The highest BCUT2D eigenvalue weighted by atomic mass is 79.9. The molecule has 1 aliphatic heterocycles. The summed E-state index contributed by atoms with van der Waals surface area (Å²) in [5, 5.41) is 12.8. The Balaban J connectivity index is 1.73. The molecule has 0 fully saturated rings. The molecule has 0 saturated carbocycles. The number of carbonyl (C=O) groups is 2. The van der Waals surface area contributed by atoms with Gasteiger partial charge in [0.1, 0.15) is 5.75 Å². The topological polar surface area (TPSA) is 69.6 Å². The number of aromatic hydroxyl groups is 1. The summed E-state index contributed by atoms with van der Waals surface area (Å²) < 4.78 is 0.763. The minimum atomic E-state index is -0.197. The zero-order valence-corrected chi connectivity index (χ0v) is 15.5. The highest BCUT2D eigenvalue weighted by Crippen LogP contribution is 2.30. The van der Waals surface area contributed by atoms with E-state index in [0.717, 1.165) is 15.7 Å². The smallest absolute Gasteiger partial charge is 0.228 e. The molecule has 25 heavy (non-hydrogen) atoms. The minimum Gasteiger partial charge on any atom is -0.508 e. The molecule has 5 nitrogen and oxygen atoms in total. The number of rotatable bonds is 4. The van der Waals surface area contributed by atoms with Crippen LogP contribution in [0, 0.1) is 0 Å². The Labute approximate surface area is 154 Å². The van der Waals surface area contributed by atoms with Crippen LogP contribution in [0.1, 0.15) is 24.5 Å². The van der Waals surface area contributed by atoms with Crippen LogP contribution in [0.3, 0.4) is 0 Å². The summed E-state index contributed by atoms with van der Waals surface area (Å²) in [6.45, 7) is 2.59. The number of benzene rings is 2. The monoisotopic (exact) mass is 402 g/mol. The normalized spacial score (nSPS) is 13.5. The van der Waals surface area contributed by atoms with Gasteiger partial charge >= 0.3 is 0 Å². The maximum Gasteiger partial charge on any atom is 0.228 e. The van der Waals surface area contributed by atoms with Crippen LogP contribution in [0.5, 0.6) is 5.75 Å². The number of amides is 2. The zero-order valence-electron chi connectivity index (χ0n) is 13.9. The highest BCUT2D eigenvalue weighted by Gasteiger charge is 2.23. The van der Waals surface area contributed by atoms with E-state index in [-0.39, 0.29) is 24.0 Å². The van der Waals surface area contributed by atoms with E-state index in [2.05, 4.69) is 21.2 Å². The second kappa shape index (κ2) is 7.27. The molecule has 0 aromatic heterocycles. The lowest BCUT2D eigenvalue weighted by molar-refractivity contribution is -0.119. The Morgan fingerprint density at radius 2 is 2.04 bits per heavy atom. The van der Waals surface area contributed by atoms with Crippen molar-refractivity contribution in [2.24, 2.45) is 0 Å². The van der Waals surface area contributed by atoms with Gasteiger partial charge in [0.2, 0.25) is 11.8 Å². The minimum absolute atomic E-state index is 0.0899. The van der Waals surface area contributed by atoms with Crippen molar-refractivity contribution < 1.29 is 14.7 Å². The lowest BCUT2D eigenvalue weighted by atomic mass is 10.0. The molecule has 1 heterocycles. The van der Waals surface area contributed by atoms with E-state index < -0.39 is 0 Å². The lowest BCUT2D eigenvalue weighted by Gasteiger charge is -2.28. The molecular weight excluding hydrogens is 384 g/mol. The molecule has 0 unspecified atom stereocenters. The average molecular weight is 403 g/mol. The van der Waals surface area contributed by atoms with Crippen LogP contribution < -0.4 is 10.2 Å². The van der Waals surface area contributed by atoms with Crippen LogP contribution in [0.25, 0.3) is 0 Å². The number of phenolic OH excluding ortho intramolecular Hbond substituents is 1. The van der Waals surface area contributed by atoms with Gasteiger partial charge in [0.25, 0.3) is 0 Å². The molecule has 0 atom stereocenters. The van der Waals surface area contributed by atoms with Crippen molar-refractivity contribution in [1.29, 1.82) is 0 Å². The van der Waals surface area contributed by atoms with E-state index in [0.29, 0.717) is 30.6 Å². The number of anilines is 2. The van der Waals surface area contributed by atoms with E-state index in [1.807, 2.05) is 19.1 Å². The van der Waals surface area contributed by atoms with Crippen molar-refractivity contribution in [3.63, 3.8) is 0 Å². The fraction of sp³-hybridized carbons (Fsp3) is 0.263. The molecule has 0 radical (unpaired) electrons. The van der Waals surface area contributed by atoms with Gasteiger partial charge in [0.05, 0.1) is 6.42 Å². The quantitative estimate of drug-likeness (QED) is 0.819. The van der Waals surface area contributed by atoms with Crippen molar-refractivity contribution in [1.82, 2.24) is 0 Å². The summed E-state index contributed by atoms with van der Waals surface area (Å²) in [4.78, 5) is 26.0. The fourth-order valence-electron chi connectivity index (χ4n) is 3.05. The first-order chi connectivity index (χ1) is 12.0. The van der Waals surface area contributed by atoms with Crippen molar-refractivity contribution >= 4 is 39.1 Å². The lowest BCUT2D eigenvalue weighted by Crippen LogP contribution is -2.34. The zero-order chi connectivity index (χ0) is 18.0. The van der Waals surface area contributed by atoms with Crippen LogP contribution in [-0.4, -0.2) is 23.5 Å². The molecule has 2 aromatic carbocycles. The van der Waals surface area contributed by atoms with Gasteiger partial charge in [-0.25, -0.2) is 0 Å². The molecule has 0 aliphatic carbocycles. The number of nitrogens with one attached hydrogen (secondary N) is 1. The first kappa shape index (κ1) is 17.5. The molecule has 3 rings (SSSR count). The number of carbonyl (C=O) groups excluding carboxylic acids is 2. The van der Waals surface area contributed by atoms with Crippen LogP contribution in [0.15, 0.2) is 40.9 Å². The highest BCUT2D eigenvalue weighted by molar-refractivity contribution is 9.10. The molecule has 2 amide bonds. The van der Waals surface area contributed by atoms with Crippen LogP contribution >= 0.6 is 15.9 Å². The third kappa shape index (κ3) is 3.85. The third-order valence-electron chi connectivity index (χ3n) is 4.28. The molecule has 130 valence electrons. The summed E-state index contributed by atoms with van der Waals surface area (Å²) in [6, 6.07) is 10.7. The van der Waals surface area contributed by atoms with Crippen molar-refractivity contribution in [3.8, 4) is 5.75 Å². The Kier molecular flexibility index (Phi) is 5.08. The Morgan fingerprint density at radius 3 is 2.76 bits per heavy atom. The van der Waals surface area contributed by atoms with Crippen molar-refractivity contribution in [2.45, 2.75) is 26.2 Å². The summed E-state index contributed by atoms with van der Waals surface area (Å²) in [7, 11) is 0. The number of hydrogen-bond donors (Lipinski definition) is 2. The van der Waals surface area contributed by atoms with Crippen LogP contribution in [0.2, 0.25) is 0 Å². The predicted octanol–water partition coefficient (Wildman–Crippen LogP) is 3.64. The average Bonchev–Trinajstić information content (AvgIpc) is 2.57. The van der Waals surface area contributed by atoms with Crippen LogP contribution in [0.4, 0.5) is 11.4 Å². The number of hydrogen-bond acceptors (Lipinski definition) is 3. The van der Waals surface area contributed by atoms with Gasteiger partial charge < -0.3 is 15.3 Å². The fourth-order valence-corrected chi connectivity index (χ4v) is 3.40. The maximum absolute atomic E-state index is 12.3. The second-order valence-electron chi connectivity index (χ2n) is 5.98. The molecular formula is C19H19BrN2O3. The molecule has 1 aliphatic rings. The summed E-state index contributed by atoms with van der Waals surface area (Å²) in [6.07, 6.45) is 1.27. The van der Waals surface area contributed by atoms with E-state index in [9.17, 15) is 14.7 Å². The number of nitrogens with zero attached hydrogens (tertiary/aromatic N) is 1. The van der Waals surface area contributed by atoms with E-state index in [4.69, 9.17) is 0 Å². The van der Waals surface area contributed by atoms with E-state index in [1.165, 1.54) is 0 Å². The van der Waals surface area contributed by atoms with Gasteiger partial charge in [-0.3, -0.25) is 9.59 Å². The molecule has 2 N–H and O–H groups in total. The third-order valence-corrected chi connectivity index (χ3v) is 4.77. The standard InChI is InChI=1S/C19H19BrN2O3/c1-2-22-16-7-6-15(9-12(16)4-8-19(22)25)21-18(24)10-13-3-5-14(20)11-17(13)23/h3,5-7,9,11,23H,2,4,8,10H2,1H3,(H,21,24). The molecule has 0 saturated heterocycles. The summed E-state index contributed by atoms with van der Waals surface area (Å²) in [5.41, 5.74) is 3.25. The summed E-state index contributed by atoms with van der Waals surface area (Å²) >= 11 is 3.28. The van der Waals surface area contributed by atoms with Gasteiger partial charge in [-0.2, -0.15) is 0 Å². The predicted molar refractivity (Wildman–Crippen MR) is 101 cm³/mol. The largest absolute Gasteiger partial charge is 0.508 e. The van der Waals surface area contributed by atoms with Crippen molar-refractivity contribution in [2.75, 3.05) is 16.8 Å². The molecule has 2 aromatic rings. The number of aryl methyl sites for hydroxylation is 1. The first-order valence-corrected chi connectivity index (χ1v) is 8.97. The molecule has 0 spiro atoms. The second-order valence-corrected chi connectivity index (χ2v) is 6.90. The van der Waals surface area contributed by atoms with E-state index >= 15 is 0 Å². The van der Waals surface area contributed by atoms with Crippen molar-refractivity contribution in [3.05, 3.63) is 52.0 Å². The Bertz CT molecular complexity index is 835. The van der Waals surface area contributed by atoms with Gasteiger partial charge in [-0.1, -0.05) is 22.0 Å². The number of halogens is 1. The van der Waals surface area contributed by atoms with Gasteiger partial charge in [-0.15, -0.1) is 0 Å². The number of fused-ring (bicyclic) bond motifs is 1. The molecule has 6 heteroatoms.